The molecule has 7 heteroatoms. The number of methoxy groups -OCH3 is 1. The minimum atomic E-state index is -0.498. The summed E-state index contributed by atoms with van der Waals surface area (Å²) < 4.78 is 6.13. The molecule has 2 aromatic rings. The van der Waals surface area contributed by atoms with Crippen molar-refractivity contribution < 1.29 is 9.66 Å². The number of nitro groups is 1. The maximum Gasteiger partial charge on any atom is 0.312 e. The average Bonchev–Trinajstić information content (AvgIpc) is 2.56. The summed E-state index contributed by atoms with van der Waals surface area (Å²) in [4.78, 5) is 10.5. The standard InChI is InChI=1S/C17H18BrClN2O3/c1-11(12-3-5-14(18)6-4-12)20-8-7-13-9-17(24-2)16(21(22)23)10-15(13)19/h3-6,9-11,20H,7-8H2,1-2H3/t11-/m0/s1. The van der Waals surface area contributed by atoms with Gasteiger partial charge in [0.1, 0.15) is 0 Å². The lowest BCUT2D eigenvalue weighted by Crippen LogP contribution is -2.21. The lowest BCUT2D eigenvalue weighted by Gasteiger charge is -2.15. The molecule has 0 spiro atoms. The first-order valence-electron chi connectivity index (χ1n) is 7.42. The molecule has 1 atom stereocenters. The quantitative estimate of drug-likeness (QED) is 0.517. The van der Waals surface area contributed by atoms with E-state index in [1.54, 1.807) is 6.07 Å². The minimum Gasteiger partial charge on any atom is -0.490 e. The van der Waals surface area contributed by atoms with Gasteiger partial charge in [0.05, 0.1) is 17.1 Å². The van der Waals surface area contributed by atoms with Crippen molar-refractivity contribution in [1.29, 1.82) is 0 Å². The Hall–Kier alpha value is -1.63. The summed E-state index contributed by atoms with van der Waals surface area (Å²) in [5, 5.41) is 14.8. The Morgan fingerprint density at radius 1 is 1.33 bits per heavy atom. The van der Waals surface area contributed by atoms with Crippen LogP contribution < -0.4 is 10.1 Å². The van der Waals surface area contributed by atoms with Gasteiger partial charge in [-0.1, -0.05) is 39.7 Å². The highest BCUT2D eigenvalue weighted by molar-refractivity contribution is 9.10. The Morgan fingerprint density at radius 3 is 2.58 bits per heavy atom. The molecule has 1 N–H and O–H groups in total. The Morgan fingerprint density at radius 2 is 2.00 bits per heavy atom. The van der Waals surface area contributed by atoms with Crippen molar-refractivity contribution in [3.63, 3.8) is 0 Å². The van der Waals surface area contributed by atoms with Crippen LogP contribution in [0.1, 0.15) is 24.1 Å². The molecule has 0 radical (unpaired) electrons. The first-order chi connectivity index (χ1) is 11.4. The van der Waals surface area contributed by atoms with Crippen LogP contribution in [0.25, 0.3) is 0 Å². The predicted molar refractivity (Wildman–Crippen MR) is 98.9 cm³/mol. The normalized spacial score (nSPS) is 12.0. The van der Waals surface area contributed by atoms with E-state index in [1.807, 2.05) is 12.1 Å². The van der Waals surface area contributed by atoms with Gasteiger partial charge < -0.3 is 10.1 Å². The molecule has 0 aliphatic carbocycles. The summed E-state index contributed by atoms with van der Waals surface area (Å²) >= 11 is 9.58. The number of halogens is 2. The fraction of sp³-hybridized carbons (Fsp3) is 0.294. The number of hydrogen-bond donors (Lipinski definition) is 1. The van der Waals surface area contributed by atoms with Crippen molar-refractivity contribution in [2.45, 2.75) is 19.4 Å². The van der Waals surface area contributed by atoms with Crippen molar-refractivity contribution in [1.82, 2.24) is 5.32 Å². The SMILES string of the molecule is COc1cc(CCN[C@@H](C)c2ccc(Br)cc2)c(Cl)cc1[N+](=O)[O-]. The molecule has 2 aromatic carbocycles. The Balaban J connectivity index is 2.01. The second-order valence-corrected chi connectivity index (χ2v) is 6.67. The van der Waals surface area contributed by atoms with Crippen LogP contribution in [-0.2, 0) is 6.42 Å². The molecule has 0 heterocycles. The second kappa shape index (κ2) is 8.46. The number of nitrogens with one attached hydrogen (secondary N) is 1. The molecule has 0 unspecified atom stereocenters. The number of nitro benzene ring substituents is 1. The van der Waals surface area contributed by atoms with Crippen LogP contribution in [0.3, 0.4) is 0 Å². The van der Waals surface area contributed by atoms with E-state index in [2.05, 4.69) is 40.3 Å². The average molecular weight is 414 g/mol. The van der Waals surface area contributed by atoms with Crippen molar-refractivity contribution in [2.24, 2.45) is 0 Å². The summed E-state index contributed by atoms with van der Waals surface area (Å²) in [7, 11) is 1.41. The molecule has 0 amide bonds. The summed E-state index contributed by atoms with van der Waals surface area (Å²) in [6.45, 7) is 2.78. The van der Waals surface area contributed by atoms with Gasteiger partial charge in [-0.25, -0.2) is 0 Å². The molecular weight excluding hydrogens is 396 g/mol. The lowest BCUT2D eigenvalue weighted by molar-refractivity contribution is -0.385. The van der Waals surface area contributed by atoms with Crippen LogP contribution in [0, 0.1) is 10.1 Å². The van der Waals surface area contributed by atoms with E-state index in [0.29, 0.717) is 18.0 Å². The van der Waals surface area contributed by atoms with Gasteiger partial charge >= 0.3 is 5.69 Å². The Bertz CT molecular complexity index is 723. The third-order valence-electron chi connectivity index (χ3n) is 3.76. The van der Waals surface area contributed by atoms with Gasteiger partial charge in [-0.3, -0.25) is 10.1 Å². The molecule has 0 saturated heterocycles. The van der Waals surface area contributed by atoms with Crippen LogP contribution in [0.2, 0.25) is 5.02 Å². The van der Waals surface area contributed by atoms with Gasteiger partial charge in [-0.15, -0.1) is 0 Å². The summed E-state index contributed by atoms with van der Waals surface area (Å²) in [5.41, 5.74) is 1.88. The van der Waals surface area contributed by atoms with Crippen molar-refractivity contribution in [2.75, 3.05) is 13.7 Å². The highest BCUT2D eigenvalue weighted by Crippen LogP contribution is 2.33. The number of ether oxygens (including phenoxy) is 1. The number of benzene rings is 2. The van der Waals surface area contributed by atoms with Crippen LogP contribution in [-0.4, -0.2) is 18.6 Å². The van der Waals surface area contributed by atoms with Crippen molar-refractivity contribution in [3.05, 3.63) is 67.1 Å². The van der Waals surface area contributed by atoms with Gasteiger partial charge in [0.15, 0.2) is 5.75 Å². The molecule has 0 saturated carbocycles. The molecule has 5 nitrogen and oxygen atoms in total. The molecule has 0 aromatic heterocycles. The van der Waals surface area contributed by atoms with Gasteiger partial charge in [0, 0.05) is 16.6 Å². The highest BCUT2D eigenvalue weighted by Gasteiger charge is 2.18. The van der Waals surface area contributed by atoms with E-state index in [1.165, 1.54) is 18.7 Å². The second-order valence-electron chi connectivity index (χ2n) is 5.35. The monoisotopic (exact) mass is 412 g/mol. The van der Waals surface area contributed by atoms with E-state index >= 15 is 0 Å². The fourth-order valence-electron chi connectivity index (χ4n) is 2.38. The first kappa shape index (κ1) is 18.7. The maximum atomic E-state index is 11.0. The Kier molecular flexibility index (Phi) is 6.60. The largest absolute Gasteiger partial charge is 0.490 e. The number of rotatable bonds is 7. The highest BCUT2D eigenvalue weighted by atomic mass is 79.9. The van der Waals surface area contributed by atoms with Gasteiger partial charge in [0.25, 0.3) is 0 Å². The van der Waals surface area contributed by atoms with Crippen molar-refractivity contribution >= 4 is 33.2 Å². The molecule has 24 heavy (non-hydrogen) atoms. The molecular formula is C17H18BrClN2O3. The maximum absolute atomic E-state index is 11.0. The predicted octanol–water partition coefficient (Wildman–Crippen LogP) is 4.91. The summed E-state index contributed by atoms with van der Waals surface area (Å²) in [6, 6.07) is 11.3. The van der Waals surface area contributed by atoms with Crippen LogP contribution in [0.15, 0.2) is 40.9 Å². The van der Waals surface area contributed by atoms with Gasteiger partial charge in [-0.05, 0) is 49.2 Å². The van der Waals surface area contributed by atoms with Gasteiger partial charge in [-0.2, -0.15) is 0 Å². The fourth-order valence-corrected chi connectivity index (χ4v) is 2.89. The van der Waals surface area contributed by atoms with Gasteiger partial charge in [0.2, 0.25) is 0 Å². The third kappa shape index (κ3) is 4.69. The zero-order valence-corrected chi connectivity index (χ0v) is 15.7. The van der Waals surface area contributed by atoms with E-state index in [0.717, 1.165) is 10.0 Å². The number of hydrogen-bond acceptors (Lipinski definition) is 4. The van der Waals surface area contributed by atoms with E-state index in [-0.39, 0.29) is 17.5 Å². The van der Waals surface area contributed by atoms with E-state index in [4.69, 9.17) is 16.3 Å². The van der Waals surface area contributed by atoms with Crippen LogP contribution >= 0.6 is 27.5 Å². The van der Waals surface area contributed by atoms with Crippen LogP contribution in [0.4, 0.5) is 5.69 Å². The zero-order chi connectivity index (χ0) is 17.7. The zero-order valence-electron chi connectivity index (χ0n) is 13.4. The number of nitrogens with zero attached hydrogens (tertiary/aromatic N) is 1. The molecule has 2 rings (SSSR count). The lowest BCUT2D eigenvalue weighted by atomic mass is 10.1. The smallest absolute Gasteiger partial charge is 0.312 e. The molecule has 0 bridgehead atoms. The molecule has 0 aliphatic rings. The summed E-state index contributed by atoms with van der Waals surface area (Å²) in [6.07, 6.45) is 0.647. The van der Waals surface area contributed by atoms with E-state index < -0.39 is 4.92 Å². The van der Waals surface area contributed by atoms with E-state index in [9.17, 15) is 10.1 Å². The summed E-state index contributed by atoms with van der Waals surface area (Å²) in [5.74, 6) is 0.223. The van der Waals surface area contributed by atoms with Crippen molar-refractivity contribution in [3.8, 4) is 5.75 Å². The topological polar surface area (TPSA) is 64.4 Å². The Labute approximate surface area is 154 Å². The van der Waals surface area contributed by atoms with Crippen LogP contribution in [0.5, 0.6) is 5.75 Å². The first-order valence-corrected chi connectivity index (χ1v) is 8.59. The molecule has 0 fully saturated rings. The molecule has 0 aliphatic heterocycles. The minimum absolute atomic E-state index is 0.123. The third-order valence-corrected chi connectivity index (χ3v) is 4.64. The molecule has 128 valence electrons.